The van der Waals surface area contributed by atoms with Crippen LogP contribution in [-0.4, -0.2) is 28.6 Å². The van der Waals surface area contributed by atoms with Gasteiger partial charge in [0.05, 0.1) is 0 Å². The highest BCUT2D eigenvalue weighted by molar-refractivity contribution is 6.06. The van der Waals surface area contributed by atoms with E-state index in [2.05, 4.69) is 15.6 Å². The fourth-order valence-corrected chi connectivity index (χ4v) is 3.19. The highest BCUT2D eigenvalue weighted by atomic mass is 16.2. The van der Waals surface area contributed by atoms with Crippen LogP contribution in [0.3, 0.4) is 0 Å². The van der Waals surface area contributed by atoms with Gasteiger partial charge in [0, 0.05) is 29.1 Å². The Hall–Kier alpha value is -3.02. The van der Waals surface area contributed by atoms with Crippen molar-refractivity contribution in [2.24, 2.45) is 0 Å². The fraction of sp³-hybridized carbons (Fsp3) is 0.333. The monoisotopic (exact) mass is 365 g/mol. The summed E-state index contributed by atoms with van der Waals surface area (Å²) in [5.41, 5.74) is 1.75. The number of nitrogens with zero attached hydrogens (tertiary/aromatic N) is 1. The van der Waals surface area contributed by atoms with Crippen molar-refractivity contribution < 1.29 is 14.4 Å². The SMILES string of the molecule is CC(=O)c1ccc(NC(=O)c2ccnc(C(=O)NC3CCCCC3)c2)cc1. The molecule has 1 aromatic carbocycles. The Morgan fingerprint density at radius 1 is 0.926 bits per heavy atom. The summed E-state index contributed by atoms with van der Waals surface area (Å²) in [6.07, 6.45) is 6.91. The predicted octanol–water partition coefficient (Wildman–Crippen LogP) is 3.60. The normalized spacial score (nSPS) is 14.4. The highest BCUT2D eigenvalue weighted by Crippen LogP contribution is 2.18. The van der Waals surface area contributed by atoms with E-state index in [9.17, 15) is 14.4 Å². The maximum atomic E-state index is 12.5. The summed E-state index contributed by atoms with van der Waals surface area (Å²) in [6, 6.07) is 9.92. The number of aromatic nitrogens is 1. The Balaban J connectivity index is 1.65. The second kappa shape index (κ2) is 8.58. The number of hydrogen-bond donors (Lipinski definition) is 2. The Bertz CT molecular complexity index is 840. The Morgan fingerprint density at radius 3 is 2.30 bits per heavy atom. The van der Waals surface area contributed by atoms with Gasteiger partial charge in [-0.3, -0.25) is 19.4 Å². The Kier molecular flexibility index (Phi) is 5.96. The number of ketones is 1. The summed E-state index contributed by atoms with van der Waals surface area (Å²) < 4.78 is 0. The topological polar surface area (TPSA) is 88.2 Å². The van der Waals surface area contributed by atoms with Crippen molar-refractivity contribution >= 4 is 23.3 Å². The first-order valence-electron chi connectivity index (χ1n) is 9.22. The molecule has 0 saturated heterocycles. The first kappa shape index (κ1) is 18.8. The van der Waals surface area contributed by atoms with E-state index >= 15 is 0 Å². The van der Waals surface area contributed by atoms with Crippen LogP contribution in [-0.2, 0) is 0 Å². The standard InChI is InChI=1S/C21H23N3O3/c1-14(25)15-7-9-18(10-8-15)23-20(26)16-11-12-22-19(13-16)21(27)24-17-5-3-2-4-6-17/h7-13,17H,2-6H2,1H3,(H,23,26)(H,24,27). The molecule has 1 saturated carbocycles. The van der Waals surface area contributed by atoms with Crippen LogP contribution in [0.4, 0.5) is 5.69 Å². The average molecular weight is 365 g/mol. The van der Waals surface area contributed by atoms with Gasteiger partial charge in [-0.05, 0) is 56.2 Å². The third-order valence-corrected chi connectivity index (χ3v) is 4.74. The Labute approximate surface area is 158 Å². The van der Waals surface area contributed by atoms with Gasteiger partial charge in [0.2, 0.25) is 0 Å². The minimum Gasteiger partial charge on any atom is -0.348 e. The molecule has 2 amide bonds. The lowest BCUT2D eigenvalue weighted by Crippen LogP contribution is -2.36. The number of nitrogens with one attached hydrogen (secondary N) is 2. The van der Waals surface area contributed by atoms with E-state index in [1.54, 1.807) is 30.3 Å². The molecule has 27 heavy (non-hydrogen) atoms. The minimum atomic E-state index is -0.334. The van der Waals surface area contributed by atoms with Crippen LogP contribution in [0.25, 0.3) is 0 Å². The molecular weight excluding hydrogens is 342 g/mol. The minimum absolute atomic E-state index is 0.0318. The zero-order chi connectivity index (χ0) is 19.2. The molecule has 2 N–H and O–H groups in total. The van der Waals surface area contributed by atoms with Crippen LogP contribution in [0.1, 0.15) is 70.2 Å². The van der Waals surface area contributed by atoms with E-state index in [-0.39, 0.29) is 29.3 Å². The predicted molar refractivity (Wildman–Crippen MR) is 103 cm³/mol. The molecule has 1 fully saturated rings. The Morgan fingerprint density at radius 2 is 1.63 bits per heavy atom. The van der Waals surface area contributed by atoms with E-state index in [0.717, 1.165) is 25.7 Å². The van der Waals surface area contributed by atoms with E-state index in [1.807, 2.05) is 0 Å². The first-order chi connectivity index (χ1) is 13.0. The lowest BCUT2D eigenvalue weighted by Gasteiger charge is -2.22. The van der Waals surface area contributed by atoms with E-state index in [1.165, 1.54) is 25.6 Å². The van der Waals surface area contributed by atoms with Gasteiger partial charge >= 0.3 is 0 Å². The second-order valence-corrected chi connectivity index (χ2v) is 6.83. The number of rotatable bonds is 5. The van der Waals surface area contributed by atoms with Gasteiger partial charge in [-0.25, -0.2) is 0 Å². The molecular formula is C21H23N3O3. The molecule has 1 aromatic heterocycles. The lowest BCUT2D eigenvalue weighted by atomic mass is 9.95. The van der Waals surface area contributed by atoms with Gasteiger partial charge in [0.25, 0.3) is 11.8 Å². The molecule has 1 aliphatic carbocycles. The average Bonchev–Trinajstić information content (AvgIpc) is 2.69. The molecule has 0 aliphatic heterocycles. The van der Waals surface area contributed by atoms with Crippen molar-refractivity contribution in [2.75, 3.05) is 5.32 Å². The van der Waals surface area contributed by atoms with Crippen molar-refractivity contribution in [2.45, 2.75) is 45.1 Å². The summed E-state index contributed by atoms with van der Waals surface area (Å²) in [5, 5.41) is 5.76. The van der Waals surface area contributed by atoms with Crippen LogP contribution in [0.5, 0.6) is 0 Å². The van der Waals surface area contributed by atoms with Crippen molar-refractivity contribution in [1.29, 1.82) is 0 Å². The van der Waals surface area contributed by atoms with Crippen LogP contribution in [0, 0.1) is 0 Å². The molecule has 1 heterocycles. The molecule has 140 valence electrons. The summed E-state index contributed by atoms with van der Waals surface area (Å²) in [6.45, 7) is 1.49. The van der Waals surface area contributed by atoms with Gasteiger partial charge in [-0.2, -0.15) is 0 Å². The zero-order valence-corrected chi connectivity index (χ0v) is 15.3. The third-order valence-electron chi connectivity index (χ3n) is 4.74. The summed E-state index contributed by atoms with van der Waals surface area (Å²) >= 11 is 0. The number of amides is 2. The van der Waals surface area contributed by atoms with Crippen LogP contribution < -0.4 is 10.6 Å². The maximum Gasteiger partial charge on any atom is 0.270 e. The van der Waals surface area contributed by atoms with Crippen LogP contribution in [0.2, 0.25) is 0 Å². The smallest absolute Gasteiger partial charge is 0.270 e. The van der Waals surface area contributed by atoms with E-state index < -0.39 is 0 Å². The lowest BCUT2D eigenvalue weighted by molar-refractivity contribution is 0.0922. The number of carbonyl (C=O) groups is 3. The molecule has 0 atom stereocenters. The molecule has 0 spiro atoms. The van der Waals surface area contributed by atoms with Crippen molar-refractivity contribution in [1.82, 2.24) is 10.3 Å². The number of Topliss-reactive ketones (excluding diaryl/α,β-unsaturated/α-hetero) is 1. The molecule has 3 rings (SSSR count). The number of carbonyl (C=O) groups excluding carboxylic acids is 3. The molecule has 1 aliphatic rings. The third kappa shape index (κ3) is 5.00. The molecule has 2 aromatic rings. The summed E-state index contributed by atoms with van der Waals surface area (Å²) in [4.78, 5) is 40.3. The second-order valence-electron chi connectivity index (χ2n) is 6.83. The first-order valence-corrected chi connectivity index (χ1v) is 9.22. The van der Waals surface area contributed by atoms with Crippen molar-refractivity contribution in [3.8, 4) is 0 Å². The van der Waals surface area contributed by atoms with Gasteiger partial charge in [-0.15, -0.1) is 0 Å². The molecule has 0 bridgehead atoms. The molecule has 6 heteroatoms. The molecule has 6 nitrogen and oxygen atoms in total. The summed E-state index contributed by atoms with van der Waals surface area (Å²) in [7, 11) is 0. The molecule has 0 radical (unpaired) electrons. The fourth-order valence-electron chi connectivity index (χ4n) is 3.19. The largest absolute Gasteiger partial charge is 0.348 e. The number of pyridine rings is 1. The number of anilines is 1. The highest BCUT2D eigenvalue weighted by Gasteiger charge is 2.18. The van der Waals surface area contributed by atoms with Crippen molar-refractivity contribution in [3.05, 3.63) is 59.4 Å². The van der Waals surface area contributed by atoms with Crippen molar-refractivity contribution in [3.63, 3.8) is 0 Å². The van der Waals surface area contributed by atoms with Crippen LogP contribution >= 0.6 is 0 Å². The van der Waals surface area contributed by atoms with Gasteiger partial charge in [0.1, 0.15) is 5.69 Å². The number of hydrogen-bond acceptors (Lipinski definition) is 4. The quantitative estimate of drug-likeness (QED) is 0.793. The van der Waals surface area contributed by atoms with Gasteiger partial charge < -0.3 is 10.6 Å². The van der Waals surface area contributed by atoms with Gasteiger partial charge in [-0.1, -0.05) is 19.3 Å². The van der Waals surface area contributed by atoms with Crippen LogP contribution in [0.15, 0.2) is 42.6 Å². The number of benzene rings is 1. The maximum absolute atomic E-state index is 12.5. The van der Waals surface area contributed by atoms with E-state index in [0.29, 0.717) is 16.8 Å². The summed E-state index contributed by atoms with van der Waals surface area (Å²) in [5.74, 6) is -0.613. The van der Waals surface area contributed by atoms with Gasteiger partial charge in [0.15, 0.2) is 5.78 Å². The molecule has 0 unspecified atom stereocenters. The van der Waals surface area contributed by atoms with E-state index in [4.69, 9.17) is 0 Å². The zero-order valence-electron chi connectivity index (χ0n) is 15.3.